The predicted molar refractivity (Wildman–Crippen MR) is 43.0 cm³/mol. The molecule has 0 saturated carbocycles. The van der Waals surface area contributed by atoms with Crippen LogP contribution in [0.1, 0.15) is 6.92 Å². The van der Waals surface area contributed by atoms with E-state index in [9.17, 15) is 47.9 Å². The fraction of sp³-hybridized carbons (Fsp3) is 1.00. The Balaban J connectivity index is 5.71. The van der Waals surface area contributed by atoms with E-state index in [1.807, 2.05) is 4.74 Å². The third kappa shape index (κ3) is 3.11. The summed E-state index contributed by atoms with van der Waals surface area (Å²) in [4.78, 5) is 0. The molecule has 0 aliphatic heterocycles. The largest absolute Gasteiger partial charge is 0.440 e. The highest BCUT2D eigenvalue weighted by Crippen LogP contribution is 2.50. The first-order valence-electron chi connectivity index (χ1n) is 4.22. The van der Waals surface area contributed by atoms with Crippen LogP contribution in [0.25, 0.3) is 0 Å². The van der Waals surface area contributed by atoms with Gasteiger partial charge in [-0.15, -0.1) is 0 Å². The Kier molecular flexibility index (Phi) is 4.72. The van der Waals surface area contributed by atoms with E-state index < -0.39 is 39.7 Å². The number of halogens is 9. The van der Waals surface area contributed by atoms with Gasteiger partial charge in [0.25, 0.3) is 0 Å². The molecule has 0 fully saturated rings. The van der Waals surface area contributed by atoms with Gasteiger partial charge in [-0.1, -0.05) is 0 Å². The highest BCUT2D eigenvalue weighted by atomic mass is 32.2. The molecular formula is C6H5F9O4S. The lowest BCUT2D eigenvalue weighted by Crippen LogP contribution is -2.60. The third-order valence-electron chi connectivity index (χ3n) is 1.78. The summed E-state index contributed by atoms with van der Waals surface area (Å²) in [5.41, 5.74) is 0. The van der Waals surface area contributed by atoms with Gasteiger partial charge in [-0.25, -0.2) is 9.13 Å². The van der Waals surface area contributed by atoms with Gasteiger partial charge in [0, 0.05) is 0 Å². The molecule has 0 aliphatic carbocycles. The predicted octanol–water partition coefficient (Wildman–Crippen LogP) is 2.66. The lowest BCUT2D eigenvalue weighted by atomic mass is 10.3. The molecule has 0 heterocycles. The molecular weight excluding hydrogens is 339 g/mol. The van der Waals surface area contributed by atoms with E-state index in [-0.39, 0.29) is 6.92 Å². The van der Waals surface area contributed by atoms with Gasteiger partial charge in [0.15, 0.2) is 6.17 Å². The van der Waals surface area contributed by atoms with Gasteiger partial charge >= 0.3 is 33.5 Å². The van der Waals surface area contributed by atoms with Gasteiger partial charge < -0.3 is 0 Å². The lowest BCUT2D eigenvalue weighted by Gasteiger charge is -2.32. The minimum Gasteiger partial charge on any atom is -0.281 e. The summed E-state index contributed by atoms with van der Waals surface area (Å²) in [7, 11) is -7.10. The normalized spacial score (nSPS) is 17.1. The molecule has 1 unspecified atom stereocenters. The van der Waals surface area contributed by atoms with Crippen LogP contribution >= 0.6 is 0 Å². The Labute approximate surface area is 105 Å². The molecule has 20 heavy (non-hydrogen) atoms. The van der Waals surface area contributed by atoms with Gasteiger partial charge in [0.1, 0.15) is 0 Å². The van der Waals surface area contributed by atoms with Crippen LogP contribution in [0.4, 0.5) is 39.5 Å². The zero-order valence-corrected chi connectivity index (χ0v) is 9.88. The van der Waals surface area contributed by atoms with Crippen molar-refractivity contribution in [1.29, 1.82) is 0 Å². The van der Waals surface area contributed by atoms with Crippen LogP contribution in [-0.4, -0.2) is 42.5 Å². The zero-order valence-electron chi connectivity index (χ0n) is 9.06. The summed E-state index contributed by atoms with van der Waals surface area (Å²) in [6.45, 7) is -0.116. The number of rotatable bonds is 6. The molecule has 0 bridgehead atoms. The molecule has 14 heteroatoms. The average Bonchev–Trinajstić information content (AvgIpc) is 2.12. The highest BCUT2D eigenvalue weighted by molar-refractivity contribution is 7.87. The maximum atomic E-state index is 12.6. The summed E-state index contributed by atoms with van der Waals surface area (Å²) in [6, 6.07) is 0. The van der Waals surface area contributed by atoms with Gasteiger partial charge in [-0.2, -0.15) is 43.5 Å². The van der Waals surface area contributed by atoms with E-state index in [1.165, 1.54) is 0 Å². The number of hydrogen-bond donors (Lipinski definition) is 1. The average molecular weight is 344 g/mol. The topological polar surface area (TPSA) is 63.6 Å². The van der Waals surface area contributed by atoms with Crippen molar-refractivity contribution in [3.8, 4) is 0 Å². The molecule has 4 nitrogen and oxygen atoms in total. The van der Waals surface area contributed by atoms with E-state index in [0.29, 0.717) is 0 Å². The molecule has 0 rings (SSSR count). The minimum absolute atomic E-state index is 0.116. The third-order valence-corrected chi connectivity index (χ3v) is 2.69. The van der Waals surface area contributed by atoms with Crippen molar-refractivity contribution in [1.82, 2.24) is 0 Å². The van der Waals surface area contributed by atoms with E-state index in [0.717, 1.165) is 0 Å². The summed E-state index contributed by atoms with van der Waals surface area (Å²) < 4.78 is 142. The lowest BCUT2D eigenvalue weighted by molar-refractivity contribution is -0.456. The van der Waals surface area contributed by atoms with Crippen molar-refractivity contribution in [3.05, 3.63) is 0 Å². The Morgan fingerprint density at radius 1 is 1.00 bits per heavy atom. The van der Waals surface area contributed by atoms with Gasteiger partial charge in [0.05, 0.1) is 0 Å². The number of hydrogen-bond acceptors (Lipinski definition) is 3. The summed E-state index contributed by atoms with van der Waals surface area (Å²) in [6.07, 6.45) is -16.0. The van der Waals surface area contributed by atoms with E-state index >= 15 is 0 Å². The van der Waals surface area contributed by atoms with Crippen LogP contribution in [-0.2, 0) is 14.9 Å². The first-order chi connectivity index (χ1) is 8.40. The standard InChI is InChI=1S/C6H5F9O4S/c1-2(7)3(8,9)19-5(12,13)4(10,11)6(14,15)20(16,17)18/h2H,1H3,(H,16,17,18). The fourth-order valence-electron chi connectivity index (χ4n) is 0.648. The Hall–Kier alpha value is -0.760. The van der Waals surface area contributed by atoms with Crippen molar-refractivity contribution in [2.45, 2.75) is 36.5 Å². The van der Waals surface area contributed by atoms with Crippen LogP contribution in [0.15, 0.2) is 0 Å². The first kappa shape index (κ1) is 19.2. The Morgan fingerprint density at radius 3 is 1.60 bits per heavy atom. The van der Waals surface area contributed by atoms with Crippen molar-refractivity contribution >= 4 is 10.1 Å². The second-order valence-electron chi connectivity index (χ2n) is 3.36. The Morgan fingerprint density at radius 2 is 1.35 bits per heavy atom. The molecule has 0 radical (unpaired) electrons. The van der Waals surface area contributed by atoms with Crippen LogP contribution in [0, 0.1) is 0 Å². The van der Waals surface area contributed by atoms with Crippen molar-refractivity contribution in [2.24, 2.45) is 0 Å². The molecule has 0 aromatic carbocycles. The summed E-state index contributed by atoms with van der Waals surface area (Å²) in [5, 5.41) is -6.86. The highest BCUT2D eigenvalue weighted by Gasteiger charge is 2.80. The monoisotopic (exact) mass is 344 g/mol. The number of ether oxygens (including phenoxy) is 1. The number of alkyl halides is 9. The molecule has 0 aliphatic rings. The SMILES string of the molecule is CC(F)C(F)(F)OC(F)(F)C(F)(F)C(F)(F)S(=O)(=O)O. The molecule has 0 aromatic heterocycles. The Bertz CT molecular complexity index is 457. The second-order valence-corrected chi connectivity index (χ2v) is 4.83. The summed E-state index contributed by atoms with van der Waals surface area (Å²) in [5.74, 6) is -7.11. The molecule has 0 amide bonds. The minimum atomic E-state index is -7.11. The van der Waals surface area contributed by atoms with E-state index in [1.54, 1.807) is 0 Å². The fourth-order valence-corrected chi connectivity index (χ4v) is 1.09. The van der Waals surface area contributed by atoms with E-state index in [2.05, 4.69) is 0 Å². The molecule has 1 atom stereocenters. The summed E-state index contributed by atoms with van der Waals surface area (Å²) >= 11 is 0. The van der Waals surface area contributed by atoms with Gasteiger partial charge in [0.2, 0.25) is 0 Å². The molecule has 122 valence electrons. The zero-order chi connectivity index (χ0) is 16.8. The molecule has 0 saturated heterocycles. The van der Waals surface area contributed by atoms with Gasteiger partial charge in [-0.05, 0) is 6.92 Å². The molecule has 1 N–H and O–H groups in total. The van der Waals surface area contributed by atoms with Gasteiger partial charge in [-0.3, -0.25) is 4.55 Å². The molecule has 0 spiro atoms. The van der Waals surface area contributed by atoms with Crippen LogP contribution < -0.4 is 0 Å². The van der Waals surface area contributed by atoms with E-state index in [4.69, 9.17) is 4.55 Å². The maximum Gasteiger partial charge on any atom is 0.440 e. The molecule has 0 aromatic rings. The van der Waals surface area contributed by atoms with Crippen molar-refractivity contribution in [3.63, 3.8) is 0 Å². The van der Waals surface area contributed by atoms with Crippen molar-refractivity contribution in [2.75, 3.05) is 0 Å². The van der Waals surface area contributed by atoms with Crippen molar-refractivity contribution < 1.29 is 57.2 Å². The van der Waals surface area contributed by atoms with Crippen LogP contribution in [0.5, 0.6) is 0 Å². The van der Waals surface area contributed by atoms with Crippen LogP contribution in [0.3, 0.4) is 0 Å². The second kappa shape index (κ2) is 4.91. The quantitative estimate of drug-likeness (QED) is 0.594. The smallest absolute Gasteiger partial charge is 0.281 e. The van der Waals surface area contributed by atoms with Crippen LogP contribution in [0.2, 0.25) is 0 Å². The maximum absolute atomic E-state index is 12.6. The first-order valence-corrected chi connectivity index (χ1v) is 5.66.